The molecule has 3 heterocycles. The third kappa shape index (κ3) is 2.71. The maximum Gasteiger partial charge on any atom is 0.354 e. The van der Waals surface area contributed by atoms with Crippen molar-refractivity contribution in [2.24, 2.45) is 5.92 Å². The molecule has 2 aliphatic rings. The molecule has 0 amide bonds. The highest BCUT2D eigenvalue weighted by Gasteiger charge is 2.39. The minimum Gasteiger partial charge on any atom is -0.477 e. The van der Waals surface area contributed by atoms with Crippen LogP contribution in [-0.4, -0.2) is 34.8 Å². The van der Waals surface area contributed by atoms with E-state index in [0.29, 0.717) is 23.9 Å². The standard InChI is InChI=1S/C14H18N2O3/c17-14(18)11-2-1-3-13(16-11)15-7-6-9-8-10-4-5-12(9)19-10/h1-3,9-10,12H,4-8H2,(H,15,16)(H,17,18). The quantitative estimate of drug-likeness (QED) is 0.850. The number of hydrogen-bond acceptors (Lipinski definition) is 4. The van der Waals surface area contributed by atoms with Crippen LogP contribution in [0.25, 0.3) is 0 Å². The number of rotatable bonds is 5. The highest BCUT2D eigenvalue weighted by atomic mass is 16.5. The second kappa shape index (κ2) is 5.17. The van der Waals surface area contributed by atoms with Crippen molar-refractivity contribution in [3.05, 3.63) is 23.9 Å². The van der Waals surface area contributed by atoms with Crippen molar-refractivity contribution in [1.29, 1.82) is 0 Å². The average Bonchev–Trinajstić information content (AvgIpc) is 3.01. The molecule has 102 valence electrons. The van der Waals surface area contributed by atoms with Crippen LogP contribution in [0.4, 0.5) is 5.82 Å². The van der Waals surface area contributed by atoms with Gasteiger partial charge in [-0.2, -0.15) is 0 Å². The Hall–Kier alpha value is -1.62. The van der Waals surface area contributed by atoms with Crippen LogP contribution in [-0.2, 0) is 4.74 Å². The first-order valence-corrected chi connectivity index (χ1v) is 6.82. The summed E-state index contributed by atoms with van der Waals surface area (Å²) in [5.41, 5.74) is 0.0771. The lowest BCUT2D eigenvalue weighted by molar-refractivity contribution is 0.0690. The maximum absolute atomic E-state index is 10.8. The van der Waals surface area contributed by atoms with Crippen molar-refractivity contribution in [3.8, 4) is 0 Å². The summed E-state index contributed by atoms with van der Waals surface area (Å²) >= 11 is 0. The monoisotopic (exact) mass is 262 g/mol. The lowest BCUT2D eigenvalue weighted by atomic mass is 9.87. The van der Waals surface area contributed by atoms with Gasteiger partial charge in [-0.1, -0.05) is 6.07 Å². The van der Waals surface area contributed by atoms with E-state index in [1.165, 1.54) is 25.3 Å². The van der Waals surface area contributed by atoms with Crippen molar-refractivity contribution in [1.82, 2.24) is 4.98 Å². The number of ether oxygens (including phenoxy) is 1. The third-order valence-electron chi connectivity index (χ3n) is 4.02. The Bertz CT molecular complexity index is 478. The molecule has 3 rings (SSSR count). The molecular formula is C14H18N2O3. The number of nitrogens with one attached hydrogen (secondary N) is 1. The molecule has 3 unspecified atom stereocenters. The number of carboxylic acids is 1. The molecule has 5 heteroatoms. The van der Waals surface area contributed by atoms with E-state index in [4.69, 9.17) is 9.84 Å². The number of anilines is 1. The third-order valence-corrected chi connectivity index (χ3v) is 4.02. The lowest BCUT2D eigenvalue weighted by Crippen LogP contribution is -2.19. The van der Waals surface area contributed by atoms with Gasteiger partial charge in [0.25, 0.3) is 0 Å². The SMILES string of the molecule is O=C(O)c1cccc(NCCC2CC3CCC2O3)n1. The summed E-state index contributed by atoms with van der Waals surface area (Å²) in [6.07, 6.45) is 5.59. The first kappa shape index (κ1) is 12.4. The molecule has 0 saturated carbocycles. The molecule has 2 N–H and O–H groups in total. The fraction of sp³-hybridized carbons (Fsp3) is 0.571. The Labute approximate surface area is 112 Å². The van der Waals surface area contributed by atoms with E-state index in [-0.39, 0.29) is 5.69 Å². The summed E-state index contributed by atoms with van der Waals surface area (Å²) in [5.74, 6) is 0.281. The van der Waals surface area contributed by atoms with Crippen molar-refractivity contribution < 1.29 is 14.6 Å². The van der Waals surface area contributed by atoms with E-state index in [1.807, 2.05) is 0 Å². The van der Waals surface area contributed by atoms with E-state index in [0.717, 1.165) is 13.0 Å². The van der Waals surface area contributed by atoms with Gasteiger partial charge in [-0.25, -0.2) is 9.78 Å². The molecule has 2 fully saturated rings. The number of carbonyl (C=O) groups is 1. The predicted molar refractivity (Wildman–Crippen MR) is 70.3 cm³/mol. The zero-order chi connectivity index (χ0) is 13.2. The number of carboxylic acid groups (broad SMARTS) is 1. The van der Waals surface area contributed by atoms with Gasteiger partial charge in [-0.05, 0) is 43.7 Å². The number of fused-ring (bicyclic) bond motifs is 2. The molecule has 19 heavy (non-hydrogen) atoms. The Balaban J connectivity index is 1.50. The molecule has 2 aliphatic heterocycles. The number of aromatic nitrogens is 1. The van der Waals surface area contributed by atoms with Crippen LogP contribution in [0.5, 0.6) is 0 Å². The van der Waals surface area contributed by atoms with Gasteiger partial charge in [-0.3, -0.25) is 0 Å². The minimum absolute atomic E-state index is 0.0771. The van der Waals surface area contributed by atoms with Gasteiger partial charge >= 0.3 is 5.97 Å². The summed E-state index contributed by atoms with van der Waals surface area (Å²) in [6.45, 7) is 0.813. The van der Waals surface area contributed by atoms with E-state index in [9.17, 15) is 4.79 Å². The molecule has 2 bridgehead atoms. The van der Waals surface area contributed by atoms with Crippen molar-refractivity contribution >= 4 is 11.8 Å². The van der Waals surface area contributed by atoms with Gasteiger partial charge in [0.1, 0.15) is 5.82 Å². The van der Waals surface area contributed by atoms with Gasteiger partial charge < -0.3 is 15.2 Å². The highest BCUT2D eigenvalue weighted by Crippen LogP contribution is 2.40. The smallest absolute Gasteiger partial charge is 0.354 e. The second-order valence-corrected chi connectivity index (χ2v) is 5.30. The summed E-state index contributed by atoms with van der Waals surface area (Å²) in [4.78, 5) is 14.9. The lowest BCUT2D eigenvalue weighted by Gasteiger charge is -2.18. The molecule has 2 saturated heterocycles. The minimum atomic E-state index is -0.995. The van der Waals surface area contributed by atoms with Crippen LogP contribution >= 0.6 is 0 Å². The molecule has 0 spiro atoms. The molecule has 0 aliphatic carbocycles. The van der Waals surface area contributed by atoms with Gasteiger partial charge in [0, 0.05) is 6.54 Å². The predicted octanol–water partition coefficient (Wildman–Crippen LogP) is 2.15. The summed E-state index contributed by atoms with van der Waals surface area (Å²) in [7, 11) is 0. The Kier molecular flexibility index (Phi) is 3.38. The second-order valence-electron chi connectivity index (χ2n) is 5.30. The van der Waals surface area contributed by atoms with Crippen LogP contribution in [0.1, 0.15) is 36.2 Å². The largest absolute Gasteiger partial charge is 0.477 e. The zero-order valence-electron chi connectivity index (χ0n) is 10.7. The van der Waals surface area contributed by atoms with Gasteiger partial charge in [0.2, 0.25) is 0 Å². The van der Waals surface area contributed by atoms with Crippen LogP contribution in [0.15, 0.2) is 18.2 Å². The van der Waals surface area contributed by atoms with E-state index in [2.05, 4.69) is 10.3 Å². The molecule has 5 nitrogen and oxygen atoms in total. The average molecular weight is 262 g/mol. The highest BCUT2D eigenvalue weighted by molar-refractivity contribution is 5.85. The Morgan fingerprint density at radius 1 is 1.47 bits per heavy atom. The number of nitrogens with zero attached hydrogens (tertiary/aromatic N) is 1. The van der Waals surface area contributed by atoms with E-state index >= 15 is 0 Å². The number of aromatic carboxylic acids is 1. The van der Waals surface area contributed by atoms with Crippen molar-refractivity contribution in [2.75, 3.05) is 11.9 Å². The fourth-order valence-electron chi connectivity index (χ4n) is 3.08. The zero-order valence-corrected chi connectivity index (χ0v) is 10.7. The first-order chi connectivity index (χ1) is 9.22. The van der Waals surface area contributed by atoms with Crippen LogP contribution in [0.3, 0.4) is 0 Å². The van der Waals surface area contributed by atoms with Gasteiger partial charge in [0.05, 0.1) is 12.2 Å². The normalized spacial score (nSPS) is 28.5. The molecule has 1 aromatic rings. The van der Waals surface area contributed by atoms with E-state index in [1.54, 1.807) is 12.1 Å². The first-order valence-electron chi connectivity index (χ1n) is 6.82. The number of hydrogen-bond donors (Lipinski definition) is 2. The van der Waals surface area contributed by atoms with Gasteiger partial charge in [0.15, 0.2) is 5.69 Å². The molecule has 1 aromatic heterocycles. The Morgan fingerprint density at radius 3 is 3.05 bits per heavy atom. The van der Waals surface area contributed by atoms with Crippen LogP contribution < -0.4 is 5.32 Å². The summed E-state index contributed by atoms with van der Waals surface area (Å²) in [5, 5.41) is 12.1. The maximum atomic E-state index is 10.8. The molecule has 3 atom stereocenters. The van der Waals surface area contributed by atoms with Crippen LogP contribution in [0, 0.1) is 5.92 Å². The Morgan fingerprint density at radius 2 is 2.37 bits per heavy atom. The number of pyridine rings is 1. The van der Waals surface area contributed by atoms with Crippen LogP contribution in [0.2, 0.25) is 0 Å². The van der Waals surface area contributed by atoms with Gasteiger partial charge in [-0.15, -0.1) is 0 Å². The van der Waals surface area contributed by atoms with Crippen molar-refractivity contribution in [2.45, 2.75) is 37.9 Å². The topological polar surface area (TPSA) is 71.5 Å². The summed E-state index contributed by atoms with van der Waals surface area (Å²) < 4.78 is 5.82. The molecule has 0 radical (unpaired) electrons. The fourth-order valence-corrected chi connectivity index (χ4v) is 3.08. The molecule has 0 aromatic carbocycles. The van der Waals surface area contributed by atoms with E-state index < -0.39 is 5.97 Å². The van der Waals surface area contributed by atoms with Crippen molar-refractivity contribution in [3.63, 3.8) is 0 Å². The summed E-state index contributed by atoms with van der Waals surface area (Å²) in [6, 6.07) is 5.00. The molecular weight excluding hydrogens is 244 g/mol.